The first kappa shape index (κ1) is 11.7. The van der Waals surface area contributed by atoms with Gasteiger partial charge in [-0.3, -0.25) is 0 Å². The van der Waals surface area contributed by atoms with E-state index in [1.807, 2.05) is 0 Å². The largest absolute Gasteiger partial charge is 0.347 e. The number of anilines is 1. The second kappa shape index (κ2) is 5.08. The molecule has 1 aliphatic rings. The molecule has 3 nitrogen and oxygen atoms in total. The van der Waals surface area contributed by atoms with Gasteiger partial charge in [0, 0.05) is 30.9 Å². The zero-order valence-corrected chi connectivity index (χ0v) is 11.1. The van der Waals surface area contributed by atoms with Crippen molar-refractivity contribution in [1.82, 2.24) is 4.98 Å². The highest BCUT2D eigenvalue weighted by molar-refractivity contribution is 7.13. The SMILES string of the molecule is NCc1csc(N2CCC(c3ccccc3)C2)n1. The molecule has 0 amide bonds. The first-order valence-corrected chi connectivity index (χ1v) is 7.19. The Kier molecular flexibility index (Phi) is 3.30. The lowest BCUT2D eigenvalue weighted by atomic mass is 9.99. The van der Waals surface area contributed by atoms with Crippen molar-refractivity contribution < 1.29 is 0 Å². The van der Waals surface area contributed by atoms with Crippen molar-refractivity contribution in [1.29, 1.82) is 0 Å². The Balaban J connectivity index is 1.72. The van der Waals surface area contributed by atoms with Gasteiger partial charge in [0.05, 0.1) is 5.69 Å². The molecular weight excluding hydrogens is 242 g/mol. The molecule has 1 saturated heterocycles. The van der Waals surface area contributed by atoms with E-state index in [2.05, 4.69) is 45.6 Å². The van der Waals surface area contributed by atoms with Crippen molar-refractivity contribution in [3.63, 3.8) is 0 Å². The van der Waals surface area contributed by atoms with Crippen LogP contribution in [0.5, 0.6) is 0 Å². The molecule has 0 saturated carbocycles. The molecule has 18 heavy (non-hydrogen) atoms. The van der Waals surface area contributed by atoms with Crippen LogP contribution in [0.3, 0.4) is 0 Å². The summed E-state index contributed by atoms with van der Waals surface area (Å²) in [6.45, 7) is 2.70. The van der Waals surface area contributed by atoms with Gasteiger partial charge in [0.2, 0.25) is 0 Å². The predicted octanol–water partition coefficient (Wildman–Crippen LogP) is 2.60. The van der Waals surface area contributed by atoms with Crippen LogP contribution >= 0.6 is 11.3 Å². The summed E-state index contributed by atoms with van der Waals surface area (Å²) in [5.74, 6) is 0.636. The van der Waals surface area contributed by atoms with Gasteiger partial charge in [0.15, 0.2) is 5.13 Å². The molecular formula is C14H17N3S. The van der Waals surface area contributed by atoms with E-state index in [-0.39, 0.29) is 0 Å². The highest BCUT2D eigenvalue weighted by Gasteiger charge is 2.25. The Hall–Kier alpha value is -1.39. The maximum Gasteiger partial charge on any atom is 0.185 e. The van der Waals surface area contributed by atoms with Crippen LogP contribution in [0.1, 0.15) is 23.6 Å². The lowest BCUT2D eigenvalue weighted by Crippen LogP contribution is -2.19. The molecule has 94 valence electrons. The Bertz CT molecular complexity index is 509. The molecule has 4 heteroatoms. The lowest BCUT2D eigenvalue weighted by Gasteiger charge is -2.15. The number of benzene rings is 1. The topological polar surface area (TPSA) is 42.1 Å². The number of nitrogens with zero attached hydrogens (tertiary/aromatic N) is 2. The summed E-state index contributed by atoms with van der Waals surface area (Å²) in [4.78, 5) is 6.93. The summed E-state index contributed by atoms with van der Waals surface area (Å²) in [5, 5.41) is 3.18. The third-order valence-corrected chi connectivity index (χ3v) is 4.43. The third-order valence-electron chi connectivity index (χ3n) is 3.48. The van der Waals surface area contributed by atoms with Crippen molar-refractivity contribution in [2.45, 2.75) is 18.9 Å². The van der Waals surface area contributed by atoms with Crippen LogP contribution in [-0.2, 0) is 6.54 Å². The second-order valence-electron chi connectivity index (χ2n) is 4.67. The number of rotatable bonds is 3. The first-order valence-electron chi connectivity index (χ1n) is 6.31. The van der Waals surface area contributed by atoms with Gasteiger partial charge in [-0.15, -0.1) is 11.3 Å². The molecule has 2 aromatic rings. The number of thiazole rings is 1. The fourth-order valence-corrected chi connectivity index (χ4v) is 3.34. The van der Waals surface area contributed by atoms with Crippen LogP contribution in [0.15, 0.2) is 35.7 Å². The molecule has 0 bridgehead atoms. The lowest BCUT2D eigenvalue weighted by molar-refractivity contribution is 0.775. The van der Waals surface area contributed by atoms with Crippen LogP contribution in [0, 0.1) is 0 Å². The average molecular weight is 259 g/mol. The Labute approximate surface area is 111 Å². The van der Waals surface area contributed by atoms with Crippen LogP contribution in [-0.4, -0.2) is 18.1 Å². The molecule has 3 rings (SSSR count). The van der Waals surface area contributed by atoms with Crippen molar-refractivity contribution in [2.24, 2.45) is 5.73 Å². The van der Waals surface area contributed by atoms with Gasteiger partial charge < -0.3 is 10.6 Å². The monoisotopic (exact) mass is 259 g/mol. The molecule has 1 aliphatic heterocycles. The van der Waals surface area contributed by atoms with Gasteiger partial charge in [-0.1, -0.05) is 30.3 Å². The fraction of sp³-hybridized carbons (Fsp3) is 0.357. The summed E-state index contributed by atoms with van der Waals surface area (Å²) in [7, 11) is 0. The van der Waals surface area contributed by atoms with E-state index < -0.39 is 0 Å². The van der Waals surface area contributed by atoms with E-state index in [9.17, 15) is 0 Å². The molecule has 0 spiro atoms. The van der Waals surface area contributed by atoms with E-state index in [1.165, 1.54) is 12.0 Å². The summed E-state index contributed by atoms with van der Waals surface area (Å²) in [5.41, 5.74) is 8.04. The van der Waals surface area contributed by atoms with Gasteiger partial charge >= 0.3 is 0 Å². The highest BCUT2D eigenvalue weighted by atomic mass is 32.1. The normalized spacial score (nSPS) is 19.4. The summed E-state index contributed by atoms with van der Waals surface area (Å²) in [6.07, 6.45) is 1.21. The molecule has 1 unspecified atom stereocenters. The smallest absolute Gasteiger partial charge is 0.185 e. The van der Waals surface area contributed by atoms with Crippen molar-refractivity contribution in [3.8, 4) is 0 Å². The van der Waals surface area contributed by atoms with E-state index in [0.717, 1.165) is 23.9 Å². The second-order valence-corrected chi connectivity index (χ2v) is 5.50. The van der Waals surface area contributed by atoms with E-state index in [4.69, 9.17) is 5.73 Å². The molecule has 1 aromatic heterocycles. The number of hydrogen-bond donors (Lipinski definition) is 1. The average Bonchev–Trinajstić information content (AvgIpc) is 3.08. The Morgan fingerprint density at radius 2 is 2.17 bits per heavy atom. The minimum absolute atomic E-state index is 0.534. The minimum atomic E-state index is 0.534. The number of nitrogens with two attached hydrogens (primary N) is 1. The zero-order valence-electron chi connectivity index (χ0n) is 10.2. The standard InChI is InChI=1S/C14H17N3S/c15-8-13-10-18-14(16-13)17-7-6-12(9-17)11-4-2-1-3-5-11/h1-5,10,12H,6-9,15H2. The summed E-state index contributed by atoms with van der Waals surface area (Å²) < 4.78 is 0. The van der Waals surface area contributed by atoms with E-state index in [0.29, 0.717) is 12.5 Å². The maximum atomic E-state index is 5.61. The Morgan fingerprint density at radius 1 is 1.33 bits per heavy atom. The summed E-state index contributed by atoms with van der Waals surface area (Å²) >= 11 is 1.70. The number of hydrogen-bond acceptors (Lipinski definition) is 4. The van der Waals surface area contributed by atoms with Gasteiger partial charge in [0.1, 0.15) is 0 Å². The van der Waals surface area contributed by atoms with Gasteiger partial charge in [-0.2, -0.15) is 0 Å². The van der Waals surface area contributed by atoms with Gasteiger partial charge in [0.25, 0.3) is 0 Å². The van der Waals surface area contributed by atoms with Crippen LogP contribution in [0.4, 0.5) is 5.13 Å². The van der Waals surface area contributed by atoms with Gasteiger partial charge in [-0.25, -0.2) is 4.98 Å². The minimum Gasteiger partial charge on any atom is -0.347 e. The van der Waals surface area contributed by atoms with E-state index >= 15 is 0 Å². The molecule has 1 aromatic carbocycles. The predicted molar refractivity (Wildman–Crippen MR) is 76.0 cm³/mol. The summed E-state index contributed by atoms with van der Waals surface area (Å²) in [6, 6.07) is 10.8. The van der Waals surface area contributed by atoms with Crippen LogP contribution < -0.4 is 10.6 Å². The quantitative estimate of drug-likeness (QED) is 0.921. The molecule has 0 aliphatic carbocycles. The van der Waals surface area contributed by atoms with E-state index in [1.54, 1.807) is 11.3 Å². The first-order chi connectivity index (χ1) is 8.86. The third kappa shape index (κ3) is 2.26. The molecule has 1 fully saturated rings. The maximum absolute atomic E-state index is 5.61. The van der Waals surface area contributed by atoms with Crippen molar-refractivity contribution in [3.05, 3.63) is 47.0 Å². The Morgan fingerprint density at radius 3 is 2.89 bits per heavy atom. The van der Waals surface area contributed by atoms with Crippen molar-refractivity contribution >= 4 is 16.5 Å². The van der Waals surface area contributed by atoms with Crippen molar-refractivity contribution in [2.75, 3.05) is 18.0 Å². The highest BCUT2D eigenvalue weighted by Crippen LogP contribution is 2.32. The van der Waals surface area contributed by atoms with Crippen LogP contribution in [0.25, 0.3) is 0 Å². The molecule has 0 radical (unpaired) electrons. The molecule has 2 heterocycles. The molecule has 1 atom stereocenters. The molecule has 2 N–H and O–H groups in total. The van der Waals surface area contributed by atoms with Gasteiger partial charge in [-0.05, 0) is 12.0 Å². The number of aromatic nitrogens is 1. The van der Waals surface area contributed by atoms with Crippen LogP contribution in [0.2, 0.25) is 0 Å². The fourth-order valence-electron chi connectivity index (χ4n) is 2.47. The zero-order chi connectivity index (χ0) is 12.4.